The maximum atomic E-state index is 15.0. The minimum Gasteiger partial charge on any atom is -0.352 e. The number of anilines is 1. The van der Waals surface area contributed by atoms with Gasteiger partial charge in [-0.2, -0.15) is 0 Å². The van der Waals surface area contributed by atoms with Crippen LogP contribution in [0.5, 0.6) is 0 Å². The molecule has 0 spiro atoms. The molecular formula is C36H40FN3O4S. The van der Waals surface area contributed by atoms with Crippen molar-refractivity contribution in [1.29, 1.82) is 0 Å². The standard InChI is InChI=1S/C36H40FN3O4S/c1-5-28(4)38-36(42)34(23-29-11-7-6-8-12-29)39(24-30-13-9-10-14-33(30)37)35(41)25-40(31-19-15-26(2)16-20-31)45(43,44)32-21-17-27(3)18-22-32/h6-22,28,34H,5,23-25H2,1-4H3,(H,38,42)/t28-,34+/m0/s1. The zero-order chi connectivity index (χ0) is 32.6. The zero-order valence-electron chi connectivity index (χ0n) is 26.1. The van der Waals surface area contributed by atoms with Crippen LogP contribution in [0, 0.1) is 19.7 Å². The van der Waals surface area contributed by atoms with Gasteiger partial charge in [0.2, 0.25) is 11.8 Å². The summed E-state index contributed by atoms with van der Waals surface area (Å²) in [7, 11) is -4.21. The highest BCUT2D eigenvalue weighted by atomic mass is 32.2. The van der Waals surface area contributed by atoms with Crippen LogP contribution in [0.1, 0.15) is 42.5 Å². The van der Waals surface area contributed by atoms with Crippen LogP contribution in [0.4, 0.5) is 10.1 Å². The normalized spacial score (nSPS) is 12.6. The summed E-state index contributed by atoms with van der Waals surface area (Å²) in [6.45, 7) is 6.71. The molecule has 9 heteroatoms. The molecule has 0 bridgehead atoms. The van der Waals surface area contributed by atoms with E-state index in [1.807, 2.05) is 58.0 Å². The first-order valence-electron chi connectivity index (χ1n) is 15.0. The highest BCUT2D eigenvalue weighted by Crippen LogP contribution is 2.26. The third kappa shape index (κ3) is 8.57. The molecule has 0 aliphatic heterocycles. The van der Waals surface area contributed by atoms with Gasteiger partial charge in [0.25, 0.3) is 10.0 Å². The second kappa shape index (κ2) is 15.0. The van der Waals surface area contributed by atoms with Crippen LogP contribution in [0.15, 0.2) is 108 Å². The Morgan fingerprint density at radius 3 is 2.00 bits per heavy atom. The molecule has 236 valence electrons. The van der Waals surface area contributed by atoms with Crippen molar-refractivity contribution < 1.29 is 22.4 Å². The molecule has 0 heterocycles. The predicted molar refractivity (Wildman–Crippen MR) is 176 cm³/mol. The van der Waals surface area contributed by atoms with E-state index in [9.17, 15) is 18.0 Å². The second-order valence-electron chi connectivity index (χ2n) is 11.3. The van der Waals surface area contributed by atoms with Crippen molar-refractivity contribution in [2.24, 2.45) is 0 Å². The summed E-state index contributed by atoms with van der Waals surface area (Å²) < 4.78 is 44.3. The van der Waals surface area contributed by atoms with Crippen LogP contribution < -0.4 is 9.62 Å². The molecule has 4 aromatic carbocycles. The summed E-state index contributed by atoms with van der Waals surface area (Å²) in [6.07, 6.45) is 0.819. The molecule has 0 saturated carbocycles. The fraction of sp³-hybridized carbons (Fsp3) is 0.278. The van der Waals surface area contributed by atoms with E-state index in [0.29, 0.717) is 12.1 Å². The predicted octanol–water partition coefficient (Wildman–Crippen LogP) is 6.19. The maximum absolute atomic E-state index is 15.0. The van der Waals surface area contributed by atoms with E-state index < -0.39 is 40.2 Å². The van der Waals surface area contributed by atoms with E-state index in [2.05, 4.69) is 5.32 Å². The lowest BCUT2D eigenvalue weighted by Gasteiger charge is -2.34. The number of halogens is 1. The first-order valence-corrected chi connectivity index (χ1v) is 16.5. The average molecular weight is 630 g/mol. The third-order valence-electron chi connectivity index (χ3n) is 7.78. The number of amides is 2. The van der Waals surface area contributed by atoms with E-state index in [1.165, 1.54) is 23.1 Å². The zero-order valence-corrected chi connectivity index (χ0v) is 26.9. The van der Waals surface area contributed by atoms with Gasteiger partial charge in [-0.25, -0.2) is 12.8 Å². The molecule has 1 N–H and O–H groups in total. The number of carbonyl (C=O) groups excluding carboxylic acids is 2. The lowest BCUT2D eigenvalue weighted by Crippen LogP contribution is -2.54. The molecule has 4 rings (SSSR count). The Morgan fingerprint density at radius 2 is 1.40 bits per heavy atom. The topological polar surface area (TPSA) is 86.8 Å². The van der Waals surface area contributed by atoms with Crippen LogP contribution in [-0.4, -0.2) is 43.8 Å². The summed E-state index contributed by atoms with van der Waals surface area (Å²) in [5.41, 5.74) is 3.12. The van der Waals surface area contributed by atoms with Gasteiger partial charge in [-0.1, -0.05) is 90.8 Å². The highest BCUT2D eigenvalue weighted by molar-refractivity contribution is 7.92. The number of nitrogens with one attached hydrogen (secondary N) is 1. The van der Waals surface area contributed by atoms with E-state index in [0.717, 1.165) is 21.0 Å². The van der Waals surface area contributed by atoms with Crippen LogP contribution in [0.3, 0.4) is 0 Å². The average Bonchev–Trinajstić information content (AvgIpc) is 3.03. The molecule has 0 fully saturated rings. The number of rotatable bonds is 13. The fourth-order valence-electron chi connectivity index (χ4n) is 4.88. The lowest BCUT2D eigenvalue weighted by atomic mass is 10.0. The van der Waals surface area contributed by atoms with Gasteiger partial charge in [-0.15, -0.1) is 0 Å². The molecule has 2 atom stereocenters. The van der Waals surface area contributed by atoms with E-state index in [4.69, 9.17) is 0 Å². The molecular weight excluding hydrogens is 589 g/mol. The Bertz CT molecular complexity index is 1690. The van der Waals surface area contributed by atoms with Crippen LogP contribution in [-0.2, 0) is 32.6 Å². The quantitative estimate of drug-likeness (QED) is 0.191. The summed E-state index contributed by atoms with van der Waals surface area (Å²) in [5.74, 6) is -1.57. The molecule has 0 aliphatic carbocycles. The van der Waals surface area contributed by atoms with Crippen molar-refractivity contribution >= 4 is 27.5 Å². The van der Waals surface area contributed by atoms with Gasteiger partial charge in [-0.05, 0) is 63.1 Å². The number of aryl methyl sites for hydroxylation is 2. The molecule has 0 unspecified atom stereocenters. The van der Waals surface area contributed by atoms with Gasteiger partial charge in [0.05, 0.1) is 10.6 Å². The van der Waals surface area contributed by atoms with Gasteiger partial charge in [0.1, 0.15) is 18.4 Å². The Balaban J connectivity index is 1.81. The van der Waals surface area contributed by atoms with Crippen molar-refractivity contribution in [3.8, 4) is 0 Å². The Labute approximate surface area is 265 Å². The number of carbonyl (C=O) groups is 2. The number of sulfonamides is 1. The Hall–Kier alpha value is -4.50. The molecule has 4 aromatic rings. The highest BCUT2D eigenvalue weighted by Gasteiger charge is 2.35. The van der Waals surface area contributed by atoms with E-state index in [1.54, 1.807) is 54.6 Å². The van der Waals surface area contributed by atoms with Crippen molar-refractivity contribution in [2.75, 3.05) is 10.8 Å². The number of nitrogens with zero attached hydrogens (tertiary/aromatic N) is 2. The number of benzene rings is 4. The summed E-state index contributed by atoms with van der Waals surface area (Å²) in [4.78, 5) is 29.6. The van der Waals surface area contributed by atoms with Gasteiger partial charge in [0.15, 0.2) is 0 Å². The monoisotopic (exact) mass is 629 g/mol. The minimum absolute atomic E-state index is 0.0254. The number of hydrogen-bond acceptors (Lipinski definition) is 4. The van der Waals surface area contributed by atoms with E-state index in [-0.39, 0.29) is 29.5 Å². The first kappa shape index (κ1) is 33.4. The molecule has 7 nitrogen and oxygen atoms in total. The van der Waals surface area contributed by atoms with E-state index >= 15 is 4.39 Å². The molecule has 0 saturated heterocycles. The second-order valence-corrected chi connectivity index (χ2v) is 13.2. The largest absolute Gasteiger partial charge is 0.352 e. The van der Waals surface area contributed by atoms with Crippen molar-refractivity contribution in [1.82, 2.24) is 10.2 Å². The summed E-state index contributed by atoms with van der Waals surface area (Å²) in [6, 6.07) is 27.3. The van der Waals surface area contributed by atoms with Crippen LogP contribution >= 0.6 is 0 Å². The molecule has 0 aliphatic rings. The minimum atomic E-state index is -4.21. The van der Waals surface area contributed by atoms with Gasteiger partial charge in [-0.3, -0.25) is 13.9 Å². The Kier molecular flexibility index (Phi) is 11.1. The summed E-state index contributed by atoms with van der Waals surface area (Å²) >= 11 is 0. The molecule has 2 amide bonds. The summed E-state index contributed by atoms with van der Waals surface area (Å²) in [5, 5.41) is 2.98. The molecule has 45 heavy (non-hydrogen) atoms. The maximum Gasteiger partial charge on any atom is 0.264 e. The van der Waals surface area contributed by atoms with Crippen molar-refractivity contribution in [3.63, 3.8) is 0 Å². The van der Waals surface area contributed by atoms with Gasteiger partial charge in [0, 0.05) is 24.6 Å². The number of hydrogen-bond donors (Lipinski definition) is 1. The SMILES string of the molecule is CC[C@H](C)NC(=O)[C@@H](Cc1ccccc1)N(Cc1ccccc1F)C(=O)CN(c1ccc(C)cc1)S(=O)(=O)c1ccc(C)cc1. The Morgan fingerprint density at radius 1 is 0.822 bits per heavy atom. The first-order chi connectivity index (χ1) is 21.5. The fourth-order valence-corrected chi connectivity index (χ4v) is 6.30. The van der Waals surface area contributed by atoms with Crippen molar-refractivity contribution in [2.45, 2.75) is 64.1 Å². The van der Waals surface area contributed by atoms with Crippen LogP contribution in [0.2, 0.25) is 0 Å². The molecule has 0 aromatic heterocycles. The van der Waals surface area contributed by atoms with Crippen molar-refractivity contribution in [3.05, 3.63) is 131 Å². The molecule has 0 radical (unpaired) electrons. The van der Waals surface area contributed by atoms with Gasteiger partial charge >= 0.3 is 0 Å². The van der Waals surface area contributed by atoms with Crippen LogP contribution in [0.25, 0.3) is 0 Å². The third-order valence-corrected chi connectivity index (χ3v) is 9.57. The lowest BCUT2D eigenvalue weighted by molar-refractivity contribution is -0.140. The smallest absolute Gasteiger partial charge is 0.264 e. The van der Waals surface area contributed by atoms with Gasteiger partial charge < -0.3 is 10.2 Å².